The van der Waals surface area contributed by atoms with Crippen molar-refractivity contribution >= 4 is 35.0 Å². The molecule has 2 aromatic heterocycles. The van der Waals surface area contributed by atoms with Gasteiger partial charge in [-0.05, 0) is 55.5 Å². The van der Waals surface area contributed by atoms with Crippen LogP contribution in [0.5, 0.6) is 0 Å². The van der Waals surface area contributed by atoms with Gasteiger partial charge in [-0.3, -0.25) is 4.79 Å². The van der Waals surface area contributed by atoms with E-state index in [-0.39, 0.29) is 11.7 Å². The fraction of sp³-hybridized carbons (Fsp3) is 0.100. The summed E-state index contributed by atoms with van der Waals surface area (Å²) < 4.78 is 3.56. The topological polar surface area (TPSA) is 77.6 Å². The van der Waals surface area contributed by atoms with Crippen molar-refractivity contribution in [2.24, 2.45) is 7.05 Å². The Morgan fingerprint density at radius 2 is 1.83 bits per heavy atom. The van der Waals surface area contributed by atoms with Gasteiger partial charge < -0.3 is 9.88 Å². The number of benzene rings is 2. The molecule has 9 heteroatoms. The van der Waals surface area contributed by atoms with Crippen molar-refractivity contribution in [3.63, 3.8) is 0 Å². The van der Waals surface area contributed by atoms with E-state index >= 15 is 0 Å². The first-order valence-corrected chi connectivity index (χ1v) is 9.95. The van der Waals surface area contributed by atoms with E-state index in [4.69, 9.17) is 11.6 Å². The molecular formula is C20H17ClN6OS. The number of aryl methyl sites for hydroxylation is 2. The summed E-state index contributed by atoms with van der Waals surface area (Å²) in [6.07, 6.45) is 3.66. The highest BCUT2D eigenvalue weighted by atomic mass is 35.5. The van der Waals surface area contributed by atoms with Crippen LogP contribution in [0.15, 0.2) is 71.0 Å². The van der Waals surface area contributed by atoms with E-state index in [0.717, 1.165) is 15.7 Å². The van der Waals surface area contributed by atoms with Crippen molar-refractivity contribution in [1.29, 1.82) is 0 Å². The van der Waals surface area contributed by atoms with Gasteiger partial charge >= 0.3 is 0 Å². The number of carbonyl (C=O) groups excluding carboxylic acids is 1. The third-order valence-electron chi connectivity index (χ3n) is 4.14. The Hall–Kier alpha value is -3.10. The Labute approximate surface area is 176 Å². The third-order valence-corrected chi connectivity index (χ3v) is 5.48. The Morgan fingerprint density at radius 3 is 2.48 bits per heavy atom. The van der Waals surface area contributed by atoms with Crippen LogP contribution >= 0.6 is 23.4 Å². The average molecular weight is 425 g/mol. The molecule has 0 aliphatic rings. The molecule has 29 heavy (non-hydrogen) atoms. The number of aromatic nitrogens is 5. The fourth-order valence-electron chi connectivity index (χ4n) is 2.66. The van der Waals surface area contributed by atoms with Gasteiger partial charge in [0.15, 0.2) is 5.16 Å². The third kappa shape index (κ3) is 4.33. The quantitative estimate of drug-likeness (QED) is 0.514. The average Bonchev–Trinajstić information content (AvgIpc) is 3.30. The van der Waals surface area contributed by atoms with Gasteiger partial charge in [-0.1, -0.05) is 23.4 Å². The number of hydrogen-bond acceptors (Lipinski definition) is 5. The molecule has 4 rings (SSSR count). The number of nitrogens with one attached hydrogen (secondary N) is 1. The van der Waals surface area contributed by atoms with Gasteiger partial charge in [-0.2, -0.15) is 0 Å². The minimum atomic E-state index is -0.370. The second-order valence-corrected chi connectivity index (χ2v) is 7.75. The summed E-state index contributed by atoms with van der Waals surface area (Å²) in [5.41, 5.74) is 1.45. The van der Waals surface area contributed by atoms with Crippen molar-refractivity contribution in [3.05, 3.63) is 77.6 Å². The molecule has 146 valence electrons. The lowest BCUT2D eigenvalue weighted by Crippen LogP contribution is -2.14. The maximum Gasteiger partial charge on any atom is 0.295 e. The van der Waals surface area contributed by atoms with Crippen LogP contribution in [0, 0.1) is 6.92 Å². The summed E-state index contributed by atoms with van der Waals surface area (Å²) in [5, 5.41) is 8.68. The van der Waals surface area contributed by atoms with Gasteiger partial charge in [0.25, 0.3) is 5.91 Å². The Morgan fingerprint density at radius 1 is 1.10 bits per heavy atom. The van der Waals surface area contributed by atoms with Crippen LogP contribution < -0.4 is 5.32 Å². The van der Waals surface area contributed by atoms with Crippen LogP contribution in [0.1, 0.15) is 16.4 Å². The predicted molar refractivity (Wildman–Crippen MR) is 113 cm³/mol. The smallest absolute Gasteiger partial charge is 0.295 e. The van der Waals surface area contributed by atoms with Crippen molar-refractivity contribution in [3.8, 4) is 5.69 Å². The molecular weight excluding hydrogens is 408 g/mol. The van der Waals surface area contributed by atoms with Crippen LogP contribution in [-0.2, 0) is 7.05 Å². The summed E-state index contributed by atoms with van der Waals surface area (Å²) in [6.45, 7) is 1.79. The number of halogens is 1. The molecule has 0 saturated carbocycles. The predicted octanol–water partition coefficient (Wildman–Crippen LogP) is 4.37. The van der Waals surface area contributed by atoms with Crippen molar-refractivity contribution in [1.82, 2.24) is 24.3 Å². The normalized spacial score (nSPS) is 10.9. The van der Waals surface area contributed by atoms with E-state index in [1.54, 1.807) is 41.7 Å². The number of imidazole rings is 1. The Bertz CT molecular complexity index is 1150. The van der Waals surface area contributed by atoms with E-state index in [9.17, 15) is 4.79 Å². The Kier molecular flexibility index (Phi) is 5.37. The summed E-state index contributed by atoms with van der Waals surface area (Å²) in [6, 6.07) is 14.7. The molecule has 7 nitrogen and oxygen atoms in total. The van der Waals surface area contributed by atoms with E-state index in [2.05, 4.69) is 20.4 Å². The maximum atomic E-state index is 12.6. The highest BCUT2D eigenvalue weighted by Crippen LogP contribution is 2.26. The number of hydrogen-bond donors (Lipinski definition) is 1. The first-order chi connectivity index (χ1) is 14.0. The molecule has 0 spiro atoms. The molecule has 0 aliphatic carbocycles. The molecule has 0 radical (unpaired) electrons. The number of amides is 1. The standard InChI is InChI=1S/C20H17ClN6OS/c1-13-23-18(25-27(13)16-7-3-14(21)4-8-16)19(28)24-15-5-9-17(10-6-15)29-20-22-11-12-26(20)2/h3-12H,1-2H3,(H,24,28). The minimum absolute atomic E-state index is 0.101. The molecule has 0 bridgehead atoms. The lowest BCUT2D eigenvalue weighted by Gasteiger charge is -2.05. The van der Waals surface area contributed by atoms with Gasteiger partial charge in [0.2, 0.25) is 5.82 Å². The van der Waals surface area contributed by atoms with Crippen LogP contribution in [0.2, 0.25) is 5.02 Å². The van der Waals surface area contributed by atoms with E-state index in [1.165, 1.54) is 0 Å². The molecule has 4 aromatic rings. The highest BCUT2D eigenvalue weighted by molar-refractivity contribution is 7.99. The lowest BCUT2D eigenvalue weighted by atomic mass is 10.3. The van der Waals surface area contributed by atoms with Crippen LogP contribution in [0.25, 0.3) is 5.69 Å². The molecule has 0 unspecified atom stereocenters. The zero-order valence-corrected chi connectivity index (χ0v) is 17.3. The largest absolute Gasteiger partial charge is 0.329 e. The van der Waals surface area contributed by atoms with Crippen molar-refractivity contribution in [2.45, 2.75) is 17.0 Å². The Balaban J connectivity index is 1.46. The highest BCUT2D eigenvalue weighted by Gasteiger charge is 2.15. The minimum Gasteiger partial charge on any atom is -0.329 e. The van der Waals surface area contributed by atoms with Gasteiger partial charge in [0, 0.05) is 35.0 Å². The molecule has 0 aliphatic heterocycles. The first-order valence-electron chi connectivity index (χ1n) is 8.76. The van der Waals surface area contributed by atoms with Crippen molar-refractivity contribution < 1.29 is 4.79 Å². The molecule has 0 saturated heterocycles. The molecule has 2 aromatic carbocycles. The summed E-state index contributed by atoms with van der Waals surface area (Å²) in [7, 11) is 1.95. The zero-order chi connectivity index (χ0) is 20.4. The molecule has 1 N–H and O–H groups in total. The van der Waals surface area contributed by atoms with E-state index in [0.29, 0.717) is 16.5 Å². The zero-order valence-electron chi connectivity index (χ0n) is 15.7. The van der Waals surface area contributed by atoms with Crippen LogP contribution in [-0.4, -0.2) is 30.2 Å². The number of rotatable bonds is 5. The van der Waals surface area contributed by atoms with Crippen molar-refractivity contribution in [2.75, 3.05) is 5.32 Å². The molecule has 2 heterocycles. The summed E-state index contributed by atoms with van der Waals surface area (Å²) in [4.78, 5) is 22.2. The molecule has 0 atom stereocenters. The lowest BCUT2D eigenvalue weighted by molar-refractivity contribution is 0.101. The maximum absolute atomic E-state index is 12.6. The number of anilines is 1. The van der Waals surface area contributed by atoms with Crippen LogP contribution in [0.3, 0.4) is 0 Å². The fourth-order valence-corrected chi connectivity index (χ4v) is 3.59. The molecule has 1 amide bonds. The second-order valence-electron chi connectivity index (χ2n) is 6.27. The van der Waals surface area contributed by atoms with Crippen LogP contribution in [0.4, 0.5) is 5.69 Å². The summed E-state index contributed by atoms with van der Waals surface area (Å²) in [5.74, 6) is 0.341. The first kappa shape index (κ1) is 19.2. The number of carbonyl (C=O) groups is 1. The number of nitrogens with zero attached hydrogens (tertiary/aromatic N) is 5. The SMILES string of the molecule is Cc1nc(C(=O)Nc2ccc(Sc3nccn3C)cc2)nn1-c1ccc(Cl)cc1. The monoisotopic (exact) mass is 424 g/mol. The second kappa shape index (κ2) is 8.10. The van der Waals surface area contributed by atoms with Gasteiger partial charge in [-0.15, -0.1) is 5.10 Å². The summed E-state index contributed by atoms with van der Waals surface area (Å²) >= 11 is 7.48. The van der Waals surface area contributed by atoms with Gasteiger partial charge in [0.05, 0.1) is 5.69 Å². The molecule has 0 fully saturated rings. The van der Waals surface area contributed by atoms with E-state index < -0.39 is 0 Å². The van der Waals surface area contributed by atoms with Gasteiger partial charge in [-0.25, -0.2) is 14.6 Å². The van der Waals surface area contributed by atoms with E-state index in [1.807, 2.05) is 54.2 Å². The van der Waals surface area contributed by atoms with Gasteiger partial charge in [0.1, 0.15) is 5.82 Å².